The van der Waals surface area contributed by atoms with E-state index in [9.17, 15) is 31.9 Å². The Hall–Kier alpha value is -6.21. The highest BCUT2D eigenvalue weighted by molar-refractivity contribution is 7.85. The van der Waals surface area contributed by atoms with Gasteiger partial charge in [-0.3, -0.25) is 8.76 Å². The van der Waals surface area contributed by atoms with Crippen molar-refractivity contribution in [2.45, 2.75) is 25.7 Å². The summed E-state index contributed by atoms with van der Waals surface area (Å²) in [5.74, 6) is -0.431. The second kappa shape index (κ2) is 14.6. The molecule has 52 heavy (non-hydrogen) atoms. The van der Waals surface area contributed by atoms with Gasteiger partial charge in [0.1, 0.15) is 22.9 Å². The van der Waals surface area contributed by atoms with Crippen molar-refractivity contribution in [1.82, 2.24) is 15.0 Å². The molecule has 266 valence electrons. The largest absolute Gasteiger partial charge is 0.755 e. The number of hydrogen-bond acceptors (Lipinski definition) is 14. The van der Waals surface area contributed by atoms with Crippen molar-refractivity contribution in [3.05, 3.63) is 102 Å². The molecule has 0 aliphatic carbocycles. The molecule has 1 unspecified atom stereocenters. The SMILES string of the molecule is Cc1ccc(Oc2nc(Nc3cc(C)cc(C)c3)nc(Nc3cc(S(=O)(=O)O)cc4ccc(N=Nc5cc(NS(=O)[O-])ccc5O)c(O)c34)n2)cc1. The Balaban J connectivity index is 1.45. The number of hydrogen-bond donors (Lipinski definition) is 6. The molecule has 6 aromatic rings. The normalized spacial score (nSPS) is 12.2. The molecule has 18 heteroatoms. The Labute approximate surface area is 299 Å². The molecule has 16 nitrogen and oxygen atoms in total. The lowest BCUT2D eigenvalue weighted by Gasteiger charge is -2.15. The van der Waals surface area contributed by atoms with Crippen molar-refractivity contribution in [1.29, 1.82) is 0 Å². The minimum Gasteiger partial charge on any atom is -0.755 e. The summed E-state index contributed by atoms with van der Waals surface area (Å²) in [6, 6.07) is 21.5. The van der Waals surface area contributed by atoms with Gasteiger partial charge < -0.3 is 34.9 Å². The van der Waals surface area contributed by atoms with Gasteiger partial charge >= 0.3 is 6.01 Å². The highest BCUT2D eigenvalue weighted by Crippen LogP contribution is 2.42. The van der Waals surface area contributed by atoms with Crippen LogP contribution in [0.1, 0.15) is 16.7 Å². The van der Waals surface area contributed by atoms with Gasteiger partial charge in [-0.05, 0) is 97.9 Å². The summed E-state index contributed by atoms with van der Waals surface area (Å²) < 4.78 is 64.8. The number of phenols is 2. The van der Waals surface area contributed by atoms with E-state index in [1.54, 1.807) is 12.1 Å². The standard InChI is InChI=1S/C34H30N8O8S2/c1-18-4-8-24(9-5-18)50-34-38-32(35-23-13-19(2)12-20(3)14-23)37-33(39-34)36-28-17-25(52(47,48)49)15-21-6-10-26(31(44)30(21)28)40-41-27-16-22(42-51(45)46)7-11-29(27)43/h4-17,42-44H,1-3H3,(H,45,46)(H,47,48,49)(H2,35,36,37,38,39)/p-1. The van der Waals surface area contributed by atoms with E-state index in [1.807, 2.05) is 51.1 Å². The zero-order valence-corrected chi connectivity index (χ0v) is 29.2. The van der Waals surface area contributed by atoms with E-state index in [0.29, 0.717) is 11.4 Å². The predicted octanol–water partition coefficient (Wildman–Crippen LogP) is 7.51. The Morgan fingerprint density at radius 3 is 2.10 bits per heavy atom. The molecule has 5 aromatic carbocycles. The zero-order valence-electron chi connectivity index (χ0n) is 27.5. The fraction of sp³-hybridized carbons (Fsp3) is 0.0882. The zero-order chi connectivity index (χ0) is 37.2. The maximum absolute atomic E-state index is 12.3. The topological polar surface area (TPSA) is 244 Å². The molecule has 6 N–H and O–H groups in total. The molecule has 1 aromatic heterocycles. The first kappa shape index (κ1) is 35.6. The highest BCUT2D eigenvalue weighted by Gasteiger charge is 2.20. The number of rotatable bonds is 11. The number of nitrogens with one attached hydrogen (secondary N) is 3. The predicted molar refractivity (Wildman–Crippen MR) is 194 cm³/mol. The third-order valence-electron chi connectivity index (χ3n) is 7.35. The van der Waals surface area contributed by atoms with Crippen LogP contribution in [0.3, 0.4) is 0 Å². The van der Waals surface area contributed by atoms with Crippen LogP contribution in [0, 0.1) is 20.8 Å². The van der Waals surface area contributed by atoms with Gasteiger partial charge in [-0.25, -0.2) is 0 Å². The van der Waals surface area contributed by atoms with Crippen molar-refractivity contribution >= 4 is 72.5 Å². The monoisotopic (exact) mass is 741 g/mol. The van der Waals surface area contributed by atoms with Crippen LogP contribution in [0.2, 0.25) is 0 Å². The average molecular weight is 742 g/mol. The first-order valence-corrected chi connectivity index (χ1v) is 17.7. The van der Waals surface area contributed by atoms with Gasteiger partial charge in [-0.2, -0.15) is 23.4 Å². The van der Waals surface area contributed by atoms with Crippen LogP contribution in [-0.4, -0.2) is 46.9 Å². The number of fused-ring (bicyclic) bond motifs is 1. The lowest BCUT2D eigenvalue weighted by atomic mass is 10.1. The van der Waals surface area contributed by atoms with Gasteiger partial charge in [0.25, 0.3) is 10.1 Å². The van der Waals surface area contributed by atoms with E-state index in [2.05, 4.69) is 40.5 Å². The second-order valence-corrected chi connectivity index (χ2v) is 13.6. The summed E-state index contributed by atoms with van der Waals surface area (Å²) in [7, 11) is -4.74. The van der Waals surface area contributed by atoms with Crippen molar-refractivity contribution in [3.8, 4) is 23.3 Å². The van der Waals surface area contributed by atoms with Crippen LogP contribution in [0.4, 0.5) is 40.3 Å². The number of aromatic hydroxyl groups is 2. The fourth-order valence-corrected chi connectivity index (χ4v) is 5.99. The number of aryl methyl sites for hydroxylation is 3. The minimum absolute atomic E-state index is 0.0375. The van der Waals surface area contributed by atoms with Crippen molar-refractivity contribution < 1.29 is 36.7 Å². The minimum atomic E-state index is -4.74. The fourth-order valence-electron chi connectivity index (χ4n) is 5.13. The van der Waals surface area contributed by atoms with E-state index in [-0.39, 0.29) is 57.2 Å². The molecule has 0 bridgehead atoms. The van der Waals surface area contributed by atoms with Crippen LogP contribution in [0.5, 0.6) is 23.3 Å². The van der Waals surface area contributed by atoms with Crippen LogP contribution >= 0.6 is 0 Å². The van der Waals surface area contributed by atoms with Gasteiger partial charge in [0.2, 0.25) is 11.9 Å². The third kappa shape index (κ3) is 8.56. The van der Waals surface area contributed by atoms with Crippen LogP contribution in [-0.2, 0) is 21.4 Å². The van der Waals surface area contributed by atoms with E-state index in [1.165, 1.54) is 30.3 Å². The van der Waals surface area contributed by atoms with E-state index in [4.69, 9.17) is 4.74 Å². The molecule has 0 amide bonds. The number of phenolic OH excluding ortho intramolecular Hbond substituents is 2. The van der Waals surface area contributed by atoms with Crippen LogP contribution < -0.4 is 20.1 Å². The molecular weight excluding hydrogens is 713 g/mol. The number of nitrogens with zero attached hydrogens (tertiary/aromatic N) is 5. The molecule has 1 atom stereocenters. The van der Waals surface area contributed by atoms with Crippen molar-refractivity contribution in [2.75, 3.05) is 15.4 Å². The van der Waals surface area contributed by atoms with Gasteiger partial charge in [-0.1, -0.05) is 29.8 Å². The van der Waals surface area contributed by atoms with Crippen LogP contribution in [0.15, 0.2) is 100 Å². The van der Waals surface area contributed by atoms with Gasteiger partial charge in [-0.15, -0.1) is 10.2 Å². The molecular formula is C34H29N8O8S2-. The van der Waals surface area contributed by atoms with E-state index >= 15 is 0 Å². The molecule has 0 aliphatic heterocycles. The molecule has 0 aliphatic rings. The van der Waals surface area contributed by atoms with Gasteiger partial charge in [0.15, 0.2) is 5.75 Å². The molecule has 0 fully saturated rings. The summed E-state index contributed by atoms with van der Waals surface area (Å²) >= 11 is -2.63. The summed E-state index contributed by atoms with van der Waals surface area (Å²) in [6.07, 6.45) is 0. The Kier molecular flexibility index (Phi) is 9.97. The van der Waals surface area contributed by atoms with Crippen molar-refractivity contribution in [2.24, 2.45) is 10.2 Å². The molecule has 0 saturated carbocycles. The lowest BCUT2D eigenvalue weighted by molar-refractivity contribution is 0.441. The van der Waals surface area contributed by atoms with Gasteiger partial charge in [0, 0.05) is 28.0 Å². The quantitative estimate of drug-likeness (QED) is 0.0326. The van der Waals surface area contributed by atoms with Gasteiger partial charge in [0.05, 0.1) is 10.6 Å². The van der Waals surface area contributed by atoms with E-state index in [0.717, 1.165) is 28.8 Å². The third-order valence-corrected chi connectivity index (χ3v) is 8.59. The number of azo groups is 1. The summed E-state index contributed by atoms with van der Waals surface area (Å²) in [4.78, 5) is 12.8. The number of ether oxygens (including phenoxy) is 1. The summed E-state index contributed by atoms with van der Waals surface area (Å²) in [6.45, 7) is 5.80. The lowest BCUT2D eigenvalue weighted by Crippen LogP contribution is -2.07. The Morgan fingerprint density at radius 1 is 0.750 bits per heavy atom. The van der Waals surface area contributed by atoms with Crippen LogP contribution in [0.25, 0.3) is 10.8 Å². The van der Waals surface area contributed by atoms with E-state index < -0.39 is 32.0 Å². The molecule has 0 spiro atoms. The Bertz CT molecular complexity index is 2480. The first-order valence-electron chi connectivity index (χ1n) is 15.2. The molecule has 0 radical (unpaired) electrons. The summed E-state index contributed by atoms with van der Waals surface area (Å²) in [5, 5.41) is 36.0. The summed E-state index contributed by atoms with van der Waals surface area (Å²) in [5.41, 5.74) is 3.46. The maximum Gasteiger partial charge on any atom is 0.328 e. The number of anilines is 5. The molecule has 0 saturated heterocycles. The second-order valence-electron chi connectivity index (χ2n) is 11.5. The first-order chi connectivity index (χ1) is 24.7. The average Bonchev–Trinajstić information content (AvgIpc) is 3.05. The highest BCUT2D eigenvalue weighted by atomic mass is 32.2. The Morgan fingerprint density at radius 2 is 1.42 bits per heavy atom. The van der Waals surface area contributed by atoms with Crippen molar-refractivity contribution in [3.63, 3.8) is 0 Å². The molecule has 1 heterocycles. The smallest absolute Gasteiger partial charge is 0.328 e. The number of benzene rings is 5. The molecule has 6 rings (SSSR count). The maximum atomic E-state index is 12.3. The number of aromatic nitrogens is 3.